The number of benzene rings is 1. The summed E-state index contributed by atoms with van der Waals surface area (Å²) >= 11 is 12.4. The minimum atomic E-state index is 0.768. The van der Waals surface area contributed by atoms with Gasteiger partial charge in [-0.1, -0.05) is 47.7 Å². The molecule has 0 radical (unpaired) electrons. The Bertz CT molecular complexity index is 284. The van der Waals surface area contributed by atoms with Gasteiger partial charge in [0.05, 0.1) is 0 Å². The van der Waals surface area contributed by atoms with Gasteiger partial charge in [0, 0.05) is 17.8 Å². The molecule has 1 N–H and O–H groups in total. The second-order valence-corrected chi connectivity index (χ2v) is 4.54. The largest absolute Gasteiger partial charge is 0.374 e. The van der Waals surface area contributed by atoms with Crippen LogP contribution in [-0.2, 0) is 5.75 Å². The zero-order valence-electron chi connectivity index (χ0n) is 7.21. The fourth-order valence-electron chi connectivity index (χ4n) is 0.802. The Morgan fingerprint density at radius 1 is 1.46 bits per heavy atom. The maximum atomic E-state index is 5.76. The van der Waals surface area contributed by atoms with E-state index >= 15 is 0 Å². The normalized spacial score (nSPS) is 9.69. The quantitative estimate of drug-likeness (QED) is 0.786. The Labute approximate surface area is 92.9 Å². The molecule has 0 saturated heterocycles. The molecule has 70 valence electrons. The molecule has 0 fully saturated rings. The van der Waals surface area contributed by atoms with Crippen molar-refractivity contribution in [2.45, 2.75) is 5.75 Å². The molecule has 0 bridgehead atoms. The van der Waals surface area contributed by atoms with Gasteiger partial charge in [0.15, 0.2) is 0 Å². The number of halogens is 1. The summed E-state index contributed by atoms with van der Waals surface area (Å²) < 4.78 is 0.815. The molecule has 4 heteroatoms. The highest BCUT2D eigenvalue weighted by atomic mass is 35.5. The van der Waals surface area contributed by atoms with E-state index in [1.165, 1.54) is 5.56 Å². The van der Waals surface area contributed by atoms with Crippen LogP contribution in [0.5, 0.6) is 0 Å². The zero-order valence-corrected chi connectivity index (χ0v) is 9.60. The van der Waals surface area contributed by atoms with Gasteiger partial charge in [-0.05, 0) is 17.7 Å². The molecule has 0 aliphatic carbocycles. The lowest BCUT2D eigenvalue weighted by atomic mass is 10.2. The van der Waals surface area contributed by atoms with Crippen molar-refractivity contribution < 1.29 is 0 Å². The highest BCUT2D eigenvalue weighted by molar-refractivity contribution is 8.22. The van der Waals surface area contributed by atoms with E-state index in [9.17, 15) is 0 Å². The lowest BCUT2D eigenvalue weighted by molar-refractivity contribution is 1.23. The fourth-order valence-corrected chi connectivity index (χ4v) is 1.74. The van der Waals surface area contributed by atoms with Crippen molar-refractivity contribution in [2.24, 2.45) is 0 Å². The molecule has 0 saturated carbocycles. The summed E-state index contributed by atoms with van der Waals surface area (Å²) in [5.74, 6) is 0.886. The third-order valence-electron chi connectivity index (χ3n) is 1.49. The summed E-state index contributed by atoms with van der Waals surface area (Å²) in [7, 11) is 1.83. The number of thioether (sulfide) groups is 1. The molecule has 13 heavy (non-hydrogen) atoms. The van der Waals surface area contributed by atoms with Crippen LogP contribution < -0.4 is 5.32 Å². The first-order valence-electron chi connectivity index (χ1n) is 3.81. The molecule has 0 aromatic heterocycles. The molecule has 0 atom stereocenters. The predicted molar refractivity (Wildman–Crippen MR) is 64.4 cm³/mol. The molecule has 0 unspecified atom stereocenters. The molecular formula is C9H10ClNS2. The standard InChI is InChI=1S/C9H10ClNS2/c1-11-9(12)13-6-7-2-4-8(10)5-3-7/h2-5H,6H2,1H3,(H,11,12). The van der Waals surface area contributed by atoms with Crippen molar-refractivity contribution in [3.8, 4) is 0 Å². The first kappa shape index (κ1) is 10.8. The van der Waals surface area contributed by atoms with E-state index in [4.69, 9.17) is 23.8 Å². The molecule has 1 rings (SSSR count). The van der Waals surface area contributed by atoms with E-state index in [1.807, 2.05) is 31.3 Å². The van der Waals surface area contributed by atoms with Crippen LogP contribution in [0.15, 0.2) is 24.3 Å². The van der Waals surface area contributed by atoms with Crippen LogP contribution in [-0.4, -0.2) is 11.4 Å². The Balaban J connectivity index is 2.46. The number of hydrogen-bond donors (Lipinski definition) is 1. The van der Waals surface area contributed by atoms with Crippen LogP contribution >= 0.6 is 35.6 Å². The van der Waals surface area contributed by atoms with Gasteiger partial charge in [-0.3, -0.25) is 0 Å². The van der Waals surface area contributed by atoms with E-state index in [0.717, 1.165) is 15.1 Å². The van der Waals surface area contributed by atoms with Crippen molar-refractivity contribution in [3.05, 3.63) is 34.9 Å². The van der Waals surface area contributed by atoms with Crippen LogP contribution in [0.25, 0.3) is 0 Å². The zero-order chi connectivity index (χ0) is 9.68. The summed E-state index contributed by atoms with van der Waals surface area (Å²) in [5.41, 5.74) is 1.23. The molecule has 0 heterocycles. The van der Waals surface area contributed by atoms with E-state index in [0.29, 0.717) is 0 Å². The first-order chi connectivity index (χ1) is 6.22. The maximum Gasteiger partial charge on any atom is 0.133 e. The lowest BCUT2D eigenvalue weighted by Crippen LogP contribution is -2.10. The molecule has 0 amide bonds. The molecule has 1 aromatic rings. The lowest BCUT2D eigenvalue weighted by Gasteiger charge is -2.02. The topological polar surface area (TPSA) is 12.0 Å². The highest BCUT2D eigenvalue weighted by Crippen LogP contribution is 2.15. The van der Waals surface area contributed by atoms with E-state index in [1.54, 1.807) is 11.8 Å². The first-order valence-corrected chi connectivity index (χ1v) is 5.58. The maximum absolute atomic E-state index is 5.76. The third-order valence-corrected chi connectivity index (χ3v) is 3.24. The summed E-state index contributed by atoms with van der Waals surface area (Å²) in [4.78, 5) is 0. The number of thiocarbonyl (C=S) groups is 1. The van der Waals surface area contributed by atoms with Crippen LogP contribution in [0.4, 0.5) is 0 Å². The second kappa shape index (κ2) is 5.47. The molecule has 1 aromatic carbocycles. The Morgan fingerprint density at radius 3 is 2.62 bits per heavy atom. The molecule has 1 nitrogen and oxygen atoms in total. The number of rotatable bonds is 2. The van der Waals surface area contributed by atoms with Crippen molar-refractivity contribution >= 4 is 39.9 Å². The minimum absolute atomic E-state index is 0.768. The number of hydrogen-bond acceptors (Lipinski definition) is 2. The van der Waals surface area contributed by atoms with E-state index in [-0.39, 0.29) is 0 Å². The molecule has 0 spiro atoms. The second-order valence-electron chi connectivity index (χ2n) is 2.45. The van der Waals surface area contributed by atoms with Crippen molar-refractivity contribution in [2.75, 3.05) is 7.05 Å². The molecular weight excluding hydrogens is 222 g/mol. The fraction of sp³-hybridized carbons (Fsp3) is 0.222. The summed E-state index contributed by atoms with van der Waals surface area (Å²) in [6.07, 6.45) is 0. The average molecular weight is 232 g/mol. The van der Waals surface area contributed by atoms with E-state index in [2.05, 4.69) is 5.32 Å². The van der Waals surface area contributed by atoms with Crippen LogP contribution in [0.3, 0.4) is 0 Å². The number of nitrogens with one attached hydrogen (secondary N) is 1. The van der Waals surface area contributed by atoms with E-state index < -0.39 is 0 Å². The Hall–Kier alpha value is -0.250. The average Bonchev–Trinajstić information content (AvgIpc) is 2.16. The Kier molecular flexibility index (Phi) is 4.56. The van der Waals surface area contributed by atoms with Gasteiger partial charge in [0.25, 0.3) is 0 Å². The van der Waals surface area contributed by atoms with Gasteiger partial charge in [-0.25, -0.2) is 0 Å². The van der Waals surface area contributed by atoms with Crippen molar-refractivity contribution in [1.82, 2.24) is 5.32 Å². The summed E-state index contributed by atoms with van der Waals surface area (Å²) in [6, 6.07) is 7.79. The van der Waals surface area contributed by atoms with Crippen molar-refractivity contribution in [1.29, 1.82) is 0 Å². The third kappa shape index (κ3) is 3.98. The van der Waals surface area contributed by atoms with Crippen LogP contribution in [0.2, 0.25) is 5.02 Å². The van der Waals surface area contributed by atoms with Gasteiger partial charge in [0.2, 0.25) is 0 Å². The van der Waals surface area contributed by atoms with Crippen molar-refractivity contribution in [3.63, 3.8) is 0 Å². The minimum Gasteiger partial charge on any atom is -0.374 e. The van der Waals surface area contributed by atoms with Gasteiger partial charge in [0.1, 0.15) is 4.32 Å². The van der Waals surface area contributed by atoms with Gasteiger partial charge < -0.3 is 5.32 Å². The van der Waals surface area contributed by atoms with Crippen LogP contribution in [0.1, 0.15) is 5.56 Å². The summed E-state index contributed by atoms with van der Waals surface area (Å²) in [5, 5.41) is 3.68. The predicted octanol–water partition coefficient (Wildman–Crippen LogP) is 3.08. The van der Waals surface area contributed by atoms with Crippen LogP contribution in [0, 0.1) is 0 Å². The highest BCUT2D eigenvalue weighted by Gasteiger charge is 1.96. The summed E-state index contributed by atoms with van der Waals surface area (Å²) in [6.45, 7) is 0. The van der Waals surface area contributed by atoms with Gasteiger partial charge >= 0.3 is 0 Å². The van der Waals surface area contributed by atoms with Gasteiger partial charge in [-0.2, -0.15) is 0 Å². The molecule has 0 aliphatic heterocycles. The SMILES string of the molecule is CNC(=S)SCc1ccc(Cl)cc1. The Morgan fingerprint density at radius 2 is 2.08 bits per heavy atom. The smallest absolute Gasteiger partial charge is 0.133 e. The monoisotopic (exact) mass is 231 g/mol. The molecule has 0 aliphatic rings. The van der Waals surface area contributed by atoms with Gasteiger partial charge in [-0.15, -0.1) is 0 Å².